The molecule has 0 saturated carbocycles. The fraction of sp³-hybridized carbons (Fsp3) is 0.500. The number of hydrogen-bond donors (Lipinski definition) is 1. The second-order valence-corrected chi connectivity index (χ2v) is 9.03. The summed E-state index contributed by atoms with van der Waals surface area (Å²) in [6, 6.07) is 7.18. The van der Waals surface area contributed by atoms with Gasteiger partial charge in [0.2, 0.25) is 0 Å². The van der Waals surface area contributed by atoms with Crippen molar-refractivity contribution in [3.05, 3.63) is 35.4 Å². The molecule has 0 unspecified atom stereocenters. The van der Waals surface area contributed by atoms with Gasteiger partial charge in [-0.05, 0) is 19.4 Å². The van der Waals surface area contributed by atoms with Gasteiger partial charge in [-0.3, -0.25) is 0 Å². The minimum atomic E-state index is -3.39. The average molecular weight is 321 g/mol. The number of aliphatic hydroxyl groups is 1. The minimum absolute atomic E-state index is 0.0162. The lowest BCUT2D eigenvalue weighted by molar-refractivity contribution is 0.167. The third-order valence-electron chi connectivity index (χ3n) is 2.87. The first-order valence-corrected chi connectivity index (χ1v) is 7.82. The highest BCUT2D eigenvalue weighted by molar-refractivity contribution is 9.11. The Bertz CT molecular complexity index is 477. The predicted molar refractivity (Wildman–Crippen MR) is 72.9 cm³/mol. The Morgan fingerprint density at radius 3 is 2.24 bits per heavy atom. The van der Waals surface area contributed by atoms with Crippen molar-refractivity contribution in [2.24, 2.45) is 0 Å². The molecule has 1 aromatic rings. The third kappa shape index (κ3) is 2.89. The fourth-order valence-electron chi connectivity index (χ4n) is 1.50. The zero-order valence-electron chi connectivity index (χ0n) is 10.1. The highest BCUT2D eigenvalue weighted by Gasteiger charge is 2.42. The molecule has 1 aromatic carbocycles. The van der Waals surface area contributed by atoms with Gasteiger partial charge in [0, 0.05) is 5.75 Å². The van der Waals surface area contributed by atoms with Crippen molar-refractivity contribution in [1.29, 1.82) is 0 Å². The third-order valence-corrected chi connectivity index (χ3v) is 6.98. The molecule has 0 aliphatic heterocycles. The maximum absolute atomic E-state index is 11.9. The van der Waals surface area contributed by atoms with Crippen molar-refractivity contribution in [1.82, 2.24) is 0 Å². The Hall–Kier alpha value is -0.390. The first-order chi connectivity index (χ1) is 7.72. The summed E-state index contributed by atoms with van der Waals surface area (Å²) in [6.07, 6.45) is -1.09. The molecule has 5 heteroatoms. The summed E-state index contributed by atoms with van der Waals surface area (Å²) in [5, 5.41) is 10.2. The van der Waals surface area contributed by atoms with Crippen LogP contribution in [0.25, 0.3) is 0 Å². The van der Waals surface area contributed by atoms with E-state index in [2.05, 4.69) is 15.9 Å². The Morgan fingerprint density at radius 1 is 1.35 bits per heavy atom. The first kappa shape index (κ1) is 14.7. The Labute approximate surface area is 111 Å². The van der Waals surface area contributed by atoms with Gasteiger partial charge in [-0.2, -0.15) is 0 Å². The minimum Gasteiger partial charge on any atom is -0.386 e. The van der Waals surface area contributed by atoms with E-state index in [1.165, 1.54) is 6.92 Å². The van der Waals surface area contributed by atoms with Gasteiger partial charge >= 0.3 is 0 Å². The van der Waals surface area contributed by atoms with Crippen LogP contribution in [0.5, 0.6) is 0 Å². The summed E-state index contributed by atoms with van der Waals surface area (Å²) in [4.78, 5) is 0. The summed E-state index contributed by atoms with van der Waals surface area (Å²) in [7, 11) is -3.39. The maximum atomic E-state index is 11.9. The van der Waals surface area contributed by atoms with Gasteiger partial charge in [-0.15, -0.1) is 0 Å². The van der Waals surface area contributed by atoms with Crippen molar-refractivity contribution >= 4 is 25.8 Å². The fourth-order valence-corrected chi connectivity index (χ4v) is 3.49. The van der Waals surface area contributed by atoms with E-state index in [4.69, 9.17) is 0 Å². The number of hydrogen-bond acceptors (Lipinski definition) is 3. The summed E-state index contributed by atoms with van der Waals surface area (Å²) < 4.78 is 22.4. The zero-order chi connectivity index (χ0) is 13.3. The van der Waals surface area contributed by atoms with Crippen molar-refractivity contribution in [3.8, 4) is 0 Å². The van der Waals surface area contributed by atoms with E-state index in [1.807, 2.05) is 19.1 Å². The molecular weight excluding hydrogens is 304 g/mol. The van der Waals surface area contributed by atoms with Gasteiger partial charge in [0.05, 0.1) is 0 Å². The number of sulfone groups is 1. The number of rotatable bonds is 4. The van der Waals surface area contributed by atoms with Crippen molar-refractivity contribution < 1.29 is 13.5 Å². The molecule has 0 aromatic heterocycles. The average Bonchev–Trinajstić information content (AvgIpc) is 2.28. The second kappa shape index (κ2) is 5.08. The molecule has 0 aliphatic carbocycles. The van der Waals surface area contributed by atoms with Crippen molar-refractivity contribution in [3.63, 3.8) is 0 Å². The lowest BCUT2D eigenvalue weighted by Gasteiger charge is -2.28. The Kier molecular flexibility index (Phi) is 4.38. The Balaban J connectivity index is 3.12. The van der Waals surface area contributed by atoms with E-state index in [0.29, 0.717) is 5.56 Å². The normalized spacial score (nSPS) is 17.5. The van der Waals surface area contributed by atoms with Crippen LogP contribution < -0.4 is 0 Å². The van der Waals surface area contributed by atoms with Gasteiger partial charge in [0.1, 0.15) is 6.10 Å². The number of benzene rings is 1. The SMILES string of the molecule is CCS(=O)(=O)[C@@](C)(Br)[C@H](O)c1ccc(C)cc1. The van der Waals surface area contributed by atoms with E-state index in [9.17, 15) is 13.5 Å². The molecule has 17 heavy (non-hydrogen) atoms. The van der Waals surface area contributed by atoms with E-state index in [0.717, 1.165) is 5.56 Å². The molecule has 0 aliphatic rings. The molecule has 0 bridgehead atoms. The van der Waals surface area contributed by atoms with Crippen LogP contribution in [0.15, 0.2) is 24.3 Å². The summed E-state index contributed by atoms with van der Waals surface area (Å²) in [5.41, 5.74) is 1.66. The molecule has 0 amide bonds. The second-order valence-electron chi connectivity index (χ2n) is 4.20. The monoisotopic (exact) mass is 320 g/mol. The number of aryl methyl sites for hydroxylation is 1. The van der Waals surface area contributed by atoms with Crippen LogP contribution in [-0.2, 0) is 9.84 Å². The van der Waals surface area contributed by atoms with Crippen molar-refractivity contribution in [2.45, 2.75) is 30.5 Å². The smallest absolute Gasteiger partial charge is 0.168 e. The maximum Gasteiger partial charge on any atom is 0.168 e. The molecule has 1 rings (SSSR count). The van der Waals surface area contributed by atoms with Gasteiger partial charge in [0.15, 0.2) is 13.5 Å². The van der Waals surface area contributed by atoms with Gasteiger partial charge in [-0.25, -0.2) is 8.42 Å². The van der Waals surface area contributed by atoms with Crippen molar-refractivity contribution in [2.75, 3.05) is 5.75 Å². The van der Waals surface area contributed by atoms with E-state index < -0.39 is 19.6 Å². The number of halogens is 1. The molecule has 96 valence electrons. The summed E-state index contributed by atoms with van der Waals surface area (Å²) in [6.45, 7) is 4.99. The molecular formula is C12H17BrO3S. The standard InChI is InChI=1S/C12H17BrO3S/c1-4-17(15,16)12(3,13)11(14)10-7-5-9(2)6-8-10/h5-8,11,14H,4H2,1-3H3/t11-,12-/m1/s1. The highest BCUT2D eigenvalue weighted by atomic mass is 79.9. The van der Waals surface area contributed by atoms with E-state index >= 15 is 0 Å². The van der Waals surface area contributed by atoms with Crippen LogP contribution in [0, 0.1) is 6.92 Å². The predicted octanol–water partition coefficient (Wildman–Crippen LogP) is 2.57. The molecule has 0 fully saturated rings. The van der Waals surface area contributed by atoms with E-state index in [-0.39, 0.29) is 5.75 Å². The summed E-state index contributed by atoms with van der Waals surface area (Å²) in [5.74, 6) is -0.0162. The number of alkyl halides is 1. The molecule has 2 atom stereocenters. The quantitative estimate of drug-likeness (QED) is 0.867. The van der Waals surface area contributed by atoms with Crippen LogP contribution in [-0.4, -0.2) is 22.9 Å². The van der Waals surface area contributed by atoms with Gasteiger partial charge in [0.25, 0.3) is 0 Å². The topological polar surface area (TPSA) is 54.4 Å². The van der Waals surface area contributed by atoms with Crippen LogP contribution in [0.3, 0.4) is 0 Å². The molecule has 0 radical (unpaired) electrons. The van der Waals surface area contributed by atoms with Gasteiger partial charge < -0.3 is 5.11 Å². The molecule has 1 N–H and O–H groups in total. The summed E-state index contributed by atoms with van der Waals surface area (Å²) >= 11 is 3.15. The Morgan fingerprint density at radius 2 is 1.82 bits per heavy atom. The molecule has 0 heterocycles. The highest BCUT2D eigenvalue weighted by Crippen LogP contribution is 2.38. The first-order valence-electron chi connectivity index (χ1n) is 5.38. The molecule has 0 saturated heterocycles. The lowest BCUT2D eigenvalue weighted by atomic mass is 10.1. The van der Waals surface area contributed by atoms with Gasteiger partial charge in [-0.1, -0.05) is 52.7 Å². The van der Waals surface area contributed by atoms with Crippen LogP contribution in [0.2, 0.25) is 0 Å². The number of aliphatic hydroxyl groups excluding tert-OH is 1. The van der Waals surface area contributed by atoms with Crippen LogP contribution in [0.1, 0.15) is 31.1 Å². The zero-order valence-corrected chi connectivity index (χ0v) is 12.5. The largest absolute Gasteiger partial charge is 0.386 e. The van der Waals surface area contributed by atoms with Crippen LogP contribution in [0.4, 0.5) is 0 Å². The van der Waals surface area contributed by atoms with E-state index in [1.54, 1.807) is 19.1 Å². The molecule has 0 spiro atoms. The van der Waals surface area contributed by atoms with Crippen LogP contribution >= 0.6 is 15.9 Å². The lowest BCUT2D eigenvalue weighted by Crippen LogP contribution is -2.36. The molecule has 3 nitrogen and oxygen atoms in total.